The Bertz CT molecular complexity index is 976. The first-order chi connectivity index (χ1) is 13.0. The minimum absolute atomic E-state index is 0.247. The van der Waals surface area contributed by atoms with Crippen LogP contribution in [0.2, 0.25) is 0 Å². The number of benzene rings is 2. The van der Waals surface area contributed by atoms with E-state index in [1.54, 1.807) is 14.2 Å². The number of hydrogen-bond donors (Lipinski definition) is 2. The van der Waals surface area contributed by atoms with Crippen molar-refractivity contribution < 1.29 is 9.47 Å². The van der Waals surface area contributed by atoms with Gasteiger partial charge >= 0.3 is 0 Å². The van der Waals surface area contributed by atoms with Gasteiger partial charge in [0.1, 0.15) is 0 Å². The van der Waals surface area contributed by atoms with E-state index in [0.717, 1.165) is 17.9 Å². The fourth-order valence-electron chi connectivity index (χ4n) is 4.31. The van der Waals surface area contributed by atoms with Crippen LogP contribution in [0.4, 0.5) is 0 Å². The van der Waals surface area contributed by atoms with Crippen LogP contribution in [-0.2, 0) is 6.42 Å². The minimum atomic E-state index is 0.247. The van der Waals surface area contributed by atoms with Gasteiger partial charge in [0.15, 0.2) is 11.5 Å². The van der Waals surface area contributed by atoms with Crippen molar-refractivity contribution in [2.45, 2.75) is 45.2 Å². The molecule has 27 heavy (non-hydrogen) atoms. The highest BCUT2D eigenvalue weighted by molar-refractivity contribution is 5.86. The van der Waals surface area contributed by atoms with E-state index in [2.05, 4.69) is 61.4 Å². The molecule has 0 saturated heterocycles. The summed E-state index contributed by atoms with van der Waals surface area (Å²) in [6, 6.07) is 13.5. The van der Waals surface area contributed by atoms with Crippen LogP contribution in [0.15, 0.2) is 36.4 Å². The van der Waals surface area contributed by atoms with E-state index in [0.29, 0.717) is 12.0 Å². The molecule has 0 spiro atoms. The maximum absolute atomic E-state index is 5.48. The maximum Gasteiger partial charge on any atom is 0.160 e. The summed E-state index contributed by atoms with van der Waals surface area (Å²) in [6.07, 6.45) is 0.899. The van der Waals surface area contributed by atoms with Gasteiger partial charge in [-0.15, -0.1) is 0 Å². The molecule has 142 valence electrons. The Morgan fingerprint density at radius 3 is 2.48 bits per heavy atom. The number of aromatic nitrogens is 1. The fourth-order valence-corrected chi connectivity index (χ4v) is 4.31. The van der Waals surface area contributed by atoms with Crippen molar-refractivity contribution in [3.63, 3.8) is 0 Å². The first kappa shape index (κ1) is 17.9. The average Bonchev–Trinajstić information content (AvgIpc) is 3.04. The van der Waals surface area contributed by atoms with E-state index in [9.17, 15) is 0 Å². The predicted octanol–water partition coefficient (Wildman–Crippen LogP) is 4.87. The molecule has 2 aromatic carbocycles. The van der Waals surface area contributed by atoms with Gasteiger partial charge in [-0.1, -0.05) is 24.6 Å². The number of rotatable bonds is 4. The first-order valence-electron chi connectivity index (χ1n) is 9.61. The lowest BCUT2D eigenvalue weighted by Crippen LogP contribution is -2.40. The number of aryl methyl sites for hydroxylation is 1. The first-order valence-corrected chi connectivity index (χ1v) is 9.61. The van der Waals surface area contributed by atoms with Crippen molar-refractivity contribution in [2.24, 2.45) is 0 Å². The van der Waals surface area contributed by atoms with Crippen LogP contribution in [0, 0.1) is 6.92 Å². The molecule has 1 aliphatic heterocycles. The van der Waals surface area contributed by atoms with E-state index in [1.807, 2.05) is 6.07 Å². The number of ether oxygens (including phenoxy) is 2. The molecule has 2 heterocycles. The minimum Gasteiger partial charge on any atom is -0.493 e. The molecule has 3 aromatic rings. The number of hydrogen-bond acceptors (Lipinski definition) is 3. The molecule has 0 aliphatic carbocycles. The zero-order chi connectivity index (χ0) is 19.1. The van der Waals surface area contributed by atoms with Crippen LogP contribution in [0.5, 0.6) is 11.5 Å². The molecule has 1 aromatic heterocycles. The third kappa shape index (κ3) is 3.08. The summed E-state index contributed by atoms with van der Waals surface area (Å²) in [6.45, 7) is 6.76. The van der Waals surface area contributed by atoms with Crippen molar-refractivity contribution in [2.75, 3.05) is 14.2 Å². The van der Waals surface area contributed by atoms with Crippen LogP contribution in [0.25, 0.3) is 10.9 Å². The summed E-state index contributed by atoms with van der Waals surface area (Å²) in [4.78, 5) is 3.70. The van der Waals surface area contributed by atoms with E-state index >= 15 is 0 Å². The summed E-state index contributed by atoms with van der Waals surface area (Å²) < 4.78 is 10.9. The highest BCUT2D eigenvalue weighted by Gasteiger charge is 2.32. The number of fused-ring (bicyclic) bond motifs is 3. The van der Waals surface area contributed by atoms with Crippen molar-refractivity contribution in [1.29, 1.82) is 0 Å². The Kier molecular flexibility index (Phi) is 4.60. The van der Waals surface area contributed by atoms with Crippen LogP contribution < -0.4 is 14.8 Å². The Labute approximate surface area is 160 Å². The van der Waals surface area contributed by atoms with E-state index < -0.39 is 0 Å². The van der Waals surface area contributed by atoms with E-state index in [4.69, 9.17) is 9.47 Å². The molecule has 3 atom stereocenters. The molecule has 0 radical (unpaired) electrons. The third-order valence-electron chi connectivity index (χ3n) is 5.93. The third-order valence-corrected chi connectivity index (χ3v) is 5.93. The predicted molar refractivity (Wildman–Crippen MR) is 110 cm³/mol. The van der Waals surface area contributed by atoms with Crippen LogP contribution in [0.1, 0.15) is 48.2 Å². The van der Waals surface area contributed by atoms with Gasteiger partial charge in [0.2, 0.25) is 0 Å². The number of aromatic amines is 1. The molecule has 0 fully saturated rings. The topological polar surface area (TPSA) is 46.3 Å². The second-order valence-electron chi connectivity index (χ2n) is 7.69. The van der Waals surface area contributed by atoms with Gasteiger partial charge in [0.25, 0.3) is 0 Å². The average molecular weight is 364 g/mol. The van der Waals surface area contributed by atoms with Crippen molar-refractivity contribution in [3.8, 4) is 11.5 Å². The molecular formula is C23H28N2O2. The van der Waals surface area contributed by atoms with E-state index in [-0.39, 0.29) is 6.04 Å². The summed E-state index contributed by atoms with van der Waals surface area (Å²) in [5, 5.41) is 5.17. The highest BCUT2D eigenvalue weighted by atomic mass is 16.5. The van der Waals surface area contributed by atoms with Crippen molar-refractivity contribution in [1.82, 2.24) is 10.3 Å². The smallest absolute Gasteiger partial charge is 0.160 e. The van der Waals surface area contributed by atoms with Gasteiger partial charge in [0, 0.05) is 22.6 Å². The largest absolute Gasteiger partial charge is 0.493 e. The van der Waals surface area contributed by atoms with Gasteiger partial charge < -0.3 is 19.8 Å². The Morgan fingerprint density at radius 2 is 1.74 bits per heavy atom. The summed E-state index contributed by atoms with van der Waals surface area (Å²) in [7, 11) is 3.35. The molecule has 1 aliphatic rings. The second-order valence-corrected chi connectivity index (χ2v) is 7.69. The molecular weight excluding hydrogens is 336 g/mol. The van der Waals surface area contributed by atoms with Crippen molar-refractivity contribution in [3.05, 3.63) is 58.8 Å². The van der Waals surface area contributed by atoms with Gasteiger partial charge in [-0.25, -0.2) is 0 Å². The SMILES string of the molecule is COc1ccc(C[C@@H]2NC(C)[C@@H](C)c3c2[nH]c2ccc(C)cc32)cc1OC. The normalized spacial score (nSPS) is 21.9. The lowest BCUT2D eigenvalue weighted by molar-refractivity contribution is 0.353. The quantitative estimate of drug-likeness (QED) is 0.694. The lowest BCUT2D eigenvalue weighted by Gasteiger charge is -2.34. The second kappa shape index (κ2) is 6.93. The van der Waals surface area contributed by atoms with Gasteiger partial charge in [-0.05, 0) is 61.6 Å². The molecule has 4 rings (SSSR count). The monoisotopic (exact) mass is 364 g/mol. The van der Waals surface area contributed by atoms with Crippen LogP contribution in [0.3, 0.4) is 0 Å². The number of H-pyrrole nitrogens is 1. The summed E-state index contributed by atoms with van der Waals surface area (Å²) >= 11 is 0. The summed E-state index contributed by atoms with van der Waals surface area (Å²) in [5.74, 6) is 2.01. The van der Waals surface area contributed by atoms with Gasteiger partial charge in [-0.2, -0.15) is 0 Å². The zero-order valence-electron chi connectivity index (χ0n) is 16.7. The standard InChI is InChI=1S/C23H28N2O2/c1-13-6-8-18-17(10-13)22-14(2)15(3)24-19(23(22)25-18)11-16-7-9-20(26-4)21(12-16)27-5/h6-10,12,14-15,19,24-25H,11H2,1-5H3/t14-,15?,19+/m1/s1. The fraction of sp³-hybridized carbons (Fsp3) is 0.391. The van der Waals surface area contributed by atoms with E-state index in [1.165, 1.54) is 33.3 Å². The molecule has 0 saturated carbocycles. The molecule has 4 heteroatoms. The highest BCUT2D eigenvalue weighted by Crippen LogP contribution is 2.40. The van der Waals surface area contributed by atoms with Crippen LogP contribution in [-0.4, -0.2) is 25.2 Å². The Hall–Kier alpha value is -2.46. The molecule has 4 nitrogen and oxygen atoms in total. The van der Waals surface area contributed by atoms with Crippen LogP contribution >= 0.6 is 0 Å². The molecule has 0 bridgehead atoms. The Morgan fingerprint density at radius 1 is 0.963 bits per heavy atom. The van der Waals surface area contributed by atoms with Gasteiger partial charge in [-0.3, -0.25) is 0 Å². The lowest BCUT2D eigenvalue weighted by atomic mass is 9.84. The molecule has 2 N–H and O–H groups in total. The maximum atomic E-state index is 5.48. The van der Waals surface area contributed by atoms with Crippen molar-refractivity contribution >= 4 is 10.9 Å². The zero-order valence-corrected chi connectivity index (χ0v) is 16.7. The molecule has 1 unspecified atom stereocenters. The number of methoxy groups -OCH3 is 2. The number of nitrogens with one attached hydrogen (secondary N) is 2. The molecule has 0 amide bonds. The Balaban J connectivity index is 1.75. The van der Waals surface area contributed by atoms with Gasteiger partial charge in [0.05, 0.1) is 20.3 Å². The summed E-state index contributed by atoms with van der Waals surface area (Å²) in [5.41, 5.74) is 6.54.